The molecule has 162 valence electrons. The molecule has 0 atom stereocenters. The van der Waals surface area contributed by atoms with Crippen LogP contribution in [-0.2, 0) is 0 Å². The molecule has 1 aromatic heterocycles. The van der Waals surface area contributed by atoms with E-state index in [9.17, 15) is 9.18 Å². The lowest BCUT2D eigenvalue weighted by atomic mass is 10.1. The molecular formula is C24H21ClFN5O. The molecule has 32 heavy (non-hydrogen) atoms. The first-order valence-electron chi connectivity index (χ1n) is 9.87. The maximum absolute atomic E-state index is 14.9. The monoisotopic (exact) mass is 449 g/mol. The molecule has 0 spiro atoms. The van der Waals surface area contributed by atoms with Crippen LogP contribution in [0.2, 0.25) is 5.02 Å². The summed E-state index contributed by atoms with van der Waals surface area (Å²) in [5.41, 5.74) is 1.94. The second-order valence-corrected chi connectivity index (χ2v) is 8.03. The van der Waals surface area contributed by atoms with Crippen LogP contribution in [0.5, 0.6) is 0 Å². The van der Waals surface area contributed by atoms with Crippen LogP contribution < -0.4 is 5.32 Å². The summed E-state index contributed by atoms with van der Waals surface area (Å²) in [5.74, 6) is -0.661. The van der Waals surface area contributed by atoms with Gasteiger partial charge < -0.3 is 10.2 Å². The first-order chi connectivity index (χ1) is 15.2. The van der Waals surface area contributed by atoms with Crippen LogP contribution in [0.1, 0.15) is 21.7 Å². The Morgan fingerprint density at radius 3 is 2.44 bits per heavy atom. The van der Waals surface area contributed by atoms with Crippen LogP contribution in [0.3, 0.4) is 0 Å². The number of carbonyl (C=O) groups excluding carboxylic acids is 1. The Morgan fingerprint density at radius 1 is 1.09 bits per heavy atom. The minimum Gasteiger partial charge on any atom is -0.363 e. The number of rotatable bonds is 4. The number of amidine groups is 1. The summed E-state index contributed by atoms with van der Waals surface area (Å²) in [6.07, 6.45) is 0. The van der Waals surface area contributed by atoms with E-state index in [-0.39, 0.29) is 11.4 Å². The van der Waals surface area contributed by atoms with Crippen molar-refractivity contribution in [3.63, 3.8) is 0 Å². The average molecular weight is 450 g/mol. The number of benzene rings is 3. The largest absolute Gasteiger partial charge is 0.363 e. The Balaban J connectivity index is 1.69. The Kier molecular flexibility index (Phi) is 5.67. The molecule has 0 bridgehead atoms. The van der Waals surface area contributed by atoms with E-state index in [1.807, 2.05) is 24.3 Å². The fourth-order valence-corrected chi connectivity index (χ4v) is 3.64. The Bertz CT molecular complexity index is 1360. The minimum atomic E-state index is -0.481. The fourth-order valence-electron chi connectivity index (χ4n) is 3.42. The molecule has 0 saturated heterocycles. The van der Waals surface area contributed by atoms with Crippen molar-refractivity contribution in [2.75, 3.05) is 19.4 Å². The van der Waals surface area contributed by atoms with E-state index < -0.39 is 11.7 Å². The number of nitrogens with one attached hydrogen (secondary N) is 2. The van der Waals surface area contributed by atoms with Crippen LogP contribution in [0.25, 0.3) is 16.5 Å². The van der Waals surface area contributed by atoms with Crippen molar-refractivity contribution in [1.29, 1.82) is 5.41 Å². The van der Waals surface area contributed by atoms with Gasteiger partial charge in [-0.05, 0) is 54.1 Å². The number of hydrogen-bond donors (Lipinski definition) is 2. The molecule has 0 aliphatic rings. The van der Waals surface area contributed by atoms with Gasteiger partial charge in [0, 0.05) is 19.7 Å². The first-order valence-corrected chi connectivity index (χ1v) is 10.2. The maximum Gasteiger partial charge on any atom is 0.274 e. The predicted octanol–water partition coefficient (Wildman–Crippen LogP) is 5.27. The van der Waals surface area contributed by atoms with Crippen LogP contribution >= 0.6 is 11.6 Å². The summed E-state index contributed by atoms with van der Waals surface area (Å²) in [7, 11) is 3.53. The minimum absolute atomic E-state index is 0.179. The molecule has 4 aromatic rings. The second-order valence-electron chi connectivity index (χ2n) is 7.63. The Hall–Kier alpha value is -3.71. The van der Waals surface area contributed by atoms with Gasteiger partial charge in [0.2, 0.25) is 0 Å². The number of anilines is 1. The van der Waals surface area contributed by atoms with Crippen LogP contribution in [0.15, 0.2) is 60.7 Å². The van der Waals surface area contributed by atoms with Crippen molar-refractivity contribution >= 4 is 39.8 Å². The molecule has 4 rings (SSSR count). The fraction of sp³-hybridized carbons (Fsp3) is 0.125. The number of nitrogens with zero attached hydrogens (tertiary/aromatic N) is 3. The van der Waals surface area contributed by atoms with Crippen LogP contribution in [0, 0.1) is 18.2 Å². The van der Waals surface area contributed by atoms with Crippen LogP contribution in [0.4, 0.5) is 10.1 Å². The second kappa shape index (κ2) is 8.43. The number of amides is 1. The third-order valence-electron chi connectivity index (χ3n) is 5.05. The molecule has 1 amide bonds. The lowest BCUT2D eigenvalue weighted by Crippen LogP contribution is -2.22. The molecule has 0 aliphatic carbocycles. The molecule has 8 heteroatoms. The van der Waals surface area contributed by atoms with Crippen molar-refractivity contribution in [1.82, 2.24) is 14.7 Å². The summed E-state index contributed by atoms with van der Waals surface area (Å²) in [6.45, 7) is 1.74. The van der Waals surface area contributed by atoms with Gasteiger partial charge in [0.1, 0.15) is 23.0 Å². The summed E-state index contributed by atoms with van der Waals surface area (Å²) >= 11 is 6.35. The first kappa shape index (κ1) is 21.5. The highest BCUT2D eigenvalue weighted by Crippen LogP contribution is 2.26. The van der Waals surface area contributed by atoms with E-state index in [0.717, 1.165) is 10.8 Å². The quantitative estimate of drug-likeness (QED) is 0.329. The number of aryl methyl sites for hydroxylation is 1. The molecule has 0 saturated carbocycles. The highest BCUT2D eigenvalue weighted by atomic mass is 35.5. The zero-order valence-corrected chi connectivity index (χ0v) is 18.5. The van der Waals surface area contributed by atoms with E-state index in [1.165, 1.54) is 10.7 Å². The lowest BCUT2D eigenvalue weighted by molar-refractivity contribution is 0.101. The molecule has 3 aromatic carbocycles. The molecular weight excluding hydrogens is 429 g/mol. The van der Waals surface area contributed by atoms with E-state index in [0.29, 0.717) is 27.8 Å². The van der Waals surface area contributed by atoms with E-state index in [2.05, 4.69) is 10.4 Å². The van der Waals surface area contributed by atoms with Gasteiger partial charge in [0.15, 0.2) is 0 Å². The van der Waals surface area contributed by atoms with Crippen molar-refractivity contribution in [3.8, 4) is 5.69 Å². The lowest BCUT2D eigenvalue weighted by Gasteiger charge is -2.15. The van der Waals surface area contributed by atoms with Crippen molar-refractivity contribution < 1.29 is 9.18 Å². The normalized spacial score (nSPS) is 10.9. The topological polar surface area (TPSA) is 74.0 Å². The summed E-state index contributed by atoms with van der Waals surface area (Å²) in [4.78, 5) is 14.7. The third kappa shape index (κ3) is 4.07. The van der Waals surface area contributed by atoms with E-state index in [4.69, 9.17) is 17.0 Å². The number of halogens is 2. The summed E-state index contributed by atoms with van der Waals surface area (Å²) < 4.78 is 16.2. The average Bonchev–Trinajstić information content (AvgIpc) is 3.15. The summed E-state index contributed by atoms with van der Waals surface area (Å²) in [5, 5.41) is 17.1. The number of carbonyl (C=O) groups is 1. The standard InChI is InChI=1S/C24H21ClFN5O/c1-14-10-22(24(32)28-20-9-8-17(11-18(20)25)23(27)30(2)3)31(29-14)21-13-16-7-5-4-6-15(16)12-19(21)26/h4-13,27H,1-3H3,(H,28,32). The van der Waals surface area contributed by atoms with Gasteiger partial charge in [0.25, 0.3) is 5.91 Å². The van der Waals surface area contributed by atoms with Gasteiger partial charge in [-0.1, -0.05) is 35.9 Å². The van der Waals surface area contributed by atoms with Gasteiger partial charge in [-0.15, -0.1) is 0 Å². The van der Waals surface area contributed by atoms with Gasteiger partial charge in [-0.25, -0.2) is 9.07 Å². The molecule has 0 aliphatic heterocycles. The van der Waals surface area contributed by atoms with Crippen molar-refractivity contribution in [2.24, 2.45) is 0 Å². The highest BCUT2D eigenvalue weighted by Gasteiger charge is 2.19. The van der Waals surface area contributed by atoms with Gasteiger partial charge in [-0.2, -0.15) is 5.10 Å². The van der Waals surface area contributed by atoms with E-state index >= 15 is 0 Å². The molecule has 6 nitrogen and oxygen atoms in total. The molecule has 0 fully saturated rings. The number of hydrogen-bond acceptors (Lipinski definition) is 3. The predicted molar refractivity (Wildman–Crippen MR) is 126 cm³/mol. The molecule has 0 radical (unpaired) electrons. The summed E-state index contributed by atoms with van der Waals surface area (Å²) in [6, 6.07) is 17.1. The SMILES string of the molecule is Cc1cc(C(=O)Nc2ccc(C(=N)N(C)C)cc2Cl)n(-c2cc3ccccc3cc2F)n1. The van der Waals surface area contributed by atoms with Gasteiger partial charge >= 0.3 is 0 Å². The Labute approximate surface area is 189 Å². The van der Waals surface area contributed by atoms with Gasteiger partial charge in [-0.3, -0.25) is 10.2 Å². The van der Waals surface area contributed by atoms with Crippen molar-refractivity contribution in [3.05, 3.63) is 88.5 Å². The number of aromatic nitrogens is 2. The zero-order chi connectivity index (χ0) is 23.0. The van der Waals surface area contributed by atoms with Crippen molar-refractivity contribution in [2.45, 2.75) is 6.92 Å². The van der Waals surface area contributed by atoms with E-state index in [1.54, 1.807) is 56.3 Å². The van der Waals surface area contributed by atoms with Gasteiger partial charge in [0.05, 0.1) is 16.4 Å². The third-order valence-corrected chi connectivity index (χ3v) is 5.36. The molecule has 0 unspecified atom stereocenters. The molecule has 1 heterocycles. The highest BCUT2D eigenvalue weighted by molar-refractivity contribution is 6.34. The molecule has 2 N–H and O–H groups in total. The van der Waals surface area contributed by atoms with Crippen LogP contribution in [-0.4, -0.2) is 40.5 Å². The maximum atomic E-state index is 14.9. The Morgan fingerprint density at radius 2 is 1.78 bits per heavy atom. The number of fused-ring (bicyclic) bond motifs is 1. The zero-order valence-electron chi connectivity index (χ0n) is 17.8. The smallest absolute Gasteiger partial charge is 0.274 e.